The van der Waals surface area contributed by atoms with Crippen molar-refractivity contribution in [3.05, 3.63) is 71.8 Å². The Kier molecular flexibility index (Phi) is 34.8. The third kappa shape index (κ3) is 21.7. The zero-order valence-corrected chi connectivity index (χ0v) is 69.1. The maximum Gasteiger partial charge on any atom is 0.201 e. The smallest absolute Gasteiger partial charge is 0.201 e. The summed E-state index contributed by atoms with van der Waals surface area (Å²) in [5, 5.41) is 0. The van der Waals surface area contributed by atoms with E-state index in [1.54, 1.807) is 12.1 Å². The highest BCUT2D eigenvalue weighted by Gasteiger charge is 2.72. The maximum absolute atomic E-state index is 10.0. The third-order valence-electron chi connectivity index (χ3n) is 24.5. The summed E-state index contributed by atoms with van der Waals surface area (Å²) in [5.74, 6) is 3.54. The molecule has 0 N–H and O–H groups in total. The van der Waals surface area contributed by atoms with Gasteiger partial charge in [0.1, 0.15) is 20.0 Å². The van der Waals surface area contributed by atoms with Gasteiger partial charge in [-0.3, -0.25) is 4.79 Å². The number of nitrogens with zero attached hydrogens (tertiary/aromatic N) is 1. The van der Waals surface area contributed by atoms with Gasteiger partial charge < -0.3 is 52.0 Å². The highest BCUT2D eigenvalue weighted by molar-refractivity contribution is 7.18. The maximum atomic E-state index is 10.0. The number of aldehydes is 2. The first kappa shape index (κ1) is 90.7. The van der Waals surface area contributed by atoms with Crippen molar-refractivity contribution in [1.29, 1.82) is 0 Å². The fourth-order valence-corrected chi connectivity index (χ4v) is 19.6. The van der Waals surface area contributed by atoms with E-state index >= 15 is 0 Å². The quantitative estimate of drug-likeness (QED) is 0.0480. The van der Waals surface area contributed by atoms with E-state index < -0.39 is 49.9 Å². The molecule has 0 radical (unpaired) electrons. The summed E-state index contributed by atoms with van der Waals surface area (Å²) in [4.78, 5) is 57.3. The van der Waals surface area contributed by atoms with Crippen molar-refractivity contribution < 1.29 is 81.2 Å². The van der Waals surface area contributed by atoms with Gasteiger partial charge in [-0.15, -0.1) is 0 Å². The van der Waals surface area contributed by atoms with Crippen molar-refractivity contribution in [3.63, 3.8) is 0 Å². The second kappa shape index (κ2) is 39.9. The van der Waals surface area contributed by atoms with Crippen molar-refractivity contribution >= 4 is 39.4 Å². The van der Waals surface area contributed by atoms with Gasteiger partial charge in [0.15, 0.2) is 44.0 Å². The van der Waals surface area contributed by atoms with E-state index in [1.807, 2.05) is 64.1 Å². The summed E-state index contributed by atoms with van der Waals surface area (Å²) >= 11 is 5.67. The molecule has 21 heteroatoms. The molecule has 12 heterocycles. The number of halogens is 1. The lowest BCUT2D eigenvalue weighted by atomic mass is 9.57. The van der Waals surface area contributed by atoms with Gasteiger partial charge in [0, 0.05) is 69.0 Å². The highest BCUT2D eigenvalue weighted by Crippen LogP contribution is 2.64. The van der Waals surface area contributed by atoms with E-state index in [1.165, 1.54) is 51.4 Å². The number of carbonyl (C=O) groups is 2. The molecule has 2 aromatic carbocycles. The molecule has 18 nitrogen and oxygen atoms in total. The fraction of sp³-hybridized carbons (Fsp3) is 0.831. The standard InChI is InChI=1S/C24H34O5.C20H36O5Si.C19H32O5.C7H6O.C6H15N.C3H9ClSi.C2H4O.2CH4/c1-16-9-10-20-17(2)21(12-14-25-15-18-7-5-4-6-8-18)26-22-24(20)19(16)11-13-23(3,27-22)28-29-24;1-13-7-8-16-14(2)17(10-12-21-26(4,5)6)22-18-20(16)15(13)9-11-19(3,23-18)24-25-20;1-5-20-11-9-16-13(3)15-7-6-12(2)14-8-10-18(4)22-17(21-16)19(14,15)24-23-18;8-6-7-4-2-1-3-5-7;1-4-7(5-2)6-3;1-5(2,3)4;1-2-3;;/h4-8,16-17,19-22H,9-15H2,1-3H3;13-18H,7-12H2,1-6H3;12-17H,5-11H2,1-4H3;1-6H;4-6H2,1-3H3;1-3H3;2H,1H3;2*1H4/t16-,17-,19+,20+,21-,22-,23-,24-;13-,14-,15+,16+,17-,18-,19-,20-;12-,13-,14+,15+,16-,17-,18+,19-;;;;;;/m111....../s1. The van der Waals surface area contributed by atoms with Gasteiger partial charge in [-0.1, -0.05) is 157 Å². The first-order valence-electron chi connectivity index (χ1n) is 39.6. The molecule has 0 unspecified atom stereocenters. The average Bonchev–Trinajstić information content (AvgIpc) is 1.38. The second-order valence-corrected chi connectivity index (χ2v) is 45.9. The number of rotatable bonds is 17. The second-order valence-electron chi connectivity index (χ2n) is 33.8. The van der Waals surface area contributed by atoms with E-state index in [-0.39, 0.29) is 52.0 Å². The number of hydrogen-bond acceptors (Lipinski definition) is 18. The van der Waals surface area contributed by atoms with E-state index in [0.717, 1.165) is 115 Å². The van der Waals surface area contributed by atoms with Crippen molar-refractivity contribution in [2.45, 2.75) is 325 Å². The van der Waals surface area contributed by atoms with Crippen LogP contribution in [-0.4, -0.2) is 151 Å². The summed E-state index contributed by atoms with van der Waals surface area (Å²) in [7, 11) is -2.64. The molecule has 3 aliphatic carbocycles. The Balaban J connectivity index is 0.000000211. The Labute approximate surface area is 636 Å². The van der Waals surface area contributed by atoms with Gasteiger partial charge in [-0.2, -0.15) is 11.1 Å². The van der Waals surface area contributed by atoms with Crippen LogP contribution in [0.5, 0.6) is 0 Å². The van der Waals surface area contributed by atoms with E-state index in [4.69, 9.17) is 87.5 Å². The molecule has 17 rings (SSSR count). The molecule has 3 saturated carbocycles. The van der Waals surface area contributed by atoms with Gasteiger partial charge in [-0.05, 0) is 210 Å². The number of benzene rings is 2. The highest BCUT2D eigenvalue weighted by atomic mass is 35.6. The van der Waals surface area contributed by atoms with Crippen LogP contribution in [0.3, 0.4) is 0 Å². The van der Waals surface area contributed by atoms with Crippen LogP contribution < -0.4 is 0 Å². The minimum absolute atomic E-state index is 0. The number of ether oxygens (including phenoxy) is 8. The normalized spacial score (nSPS) is 40.0. The Morgan fingerprint density at radius 3 is 1.11 bits per heavy atom. The van der Waals surface area contributed by atoms with Crippen LogP contribution in [0.4, 0.5) is 0 Å². The third-order valence-corrected chi connectivity index (χ3v) is 25.6. The lowest BCUT2D eigenvalue weighted by Gasteiger charge is -2.60. The van der Waals surface area contributed by atoms with Crippen LogP contribution in [0.15, 0.2) is 60.7 Å². The SMILES string of the molecule is C.C.CC=O.CCN(CC)CC.CCOCC[C@H]1O[C@@H]2O[C@]3(C)CC[C@H]4[C@H](C)CC[C@@H]([C@H]1C)[C@@]24OO3.C[C@H]1[C@@H](CCOCc2ccccc2)O[C@@H]2O[C@@]3(C)CC[C@H]4[C@H](C)CC[C@@H]1[C@@]24OO3.C[C@H]1[C@@H](CCO[Si](C)(C)C)O[C@@H]2O[C@@]3(C)CC[C@H]4[C@H](C)CC[C@@H]1[C@@]24OO3.C[Si](C)(C)Cl.O=Cc1ccccc1. The molecule has 0 amide bonds. The molecule has 3 spiro atoms. The summed E-state index contributed by atoms with van der Waals surface area (Å²) in [5.41, 5.74) is 0.593. The van der Waals surface area contributed by atoms with Crippen molar-refractivity contribution in [2.24, 2.45) is 71.0 Å². The zero-order valence-electron chi connectivity index (χ0n) is 66.3. The first-order valence-corrected chi connectivity index (χ1v) is 47.5. The molecule has 24 atom stereocenters. The van der Waals surface area contributed by atoms with Crippen LogP contribution >= 0.6 is 11.1 Å². The van der Waals surface area contributed by atoms with Crippen LogP contribution in [-0.2, 0) is 83.0 Å². The molecular formula is C83H144ClNO17Si2. The summed E-state index contributed by atoms with van der Waals surface area (Å²) in [6.07, 6.45) is 16.8. The average molecular weight is 1520 g/mol. The van der Waals surface area contributed by atoms with Gasteiger partial charge in [0.05, 0.1) is 24.9 Å². The molecule has 2 aromatic rings. The molecule has 0 aromatic heterocycles. The number of hydrogen-bond donors (Lipinski definition) is 0. The van der Waals surface area contributed by atoms with Crippen LogP contribution in [0, 0.1) is 71.0 Å². The molecule has 598 valence electrons. The topological polar surface area (TPSA) is 176 Å². The van der Waals surface area contributed by atoms with Gasteiger partial charge in [-0.25, -0.2) is 29.3 Å². The van der Waals surface area contributed by atoms with Crippen molar-refractivity contribution in [3.8, 4) is 0 Å². The number of fused-ring (bicyclic) bond motifs is 6. The van der Waals surface area contributed by atoms with Crippen molar-refractivity contribution in [2.75, 3.05) is 46.1 Å². The Bertz CT molecular complexity index is 2810. The Hall–Kier alpha value is -2.14. The van der Waals surface area contributed by atoms with Gasteiger partial charge >= 0.3 is 0 Å². The van der Waals surface area contributed by atoms with Gasteiger partial charge in [0.25, 0.3) is 0 Å². The predicted molar refractivity (Wildman–Crippen MR) is 416 cm³/mol. The van der Waals surface area contributed by atoms with E-state index in [2.05, 4.69) is 119 Å². The van der Waals surface area contributed by atoms with Crippen LogP contribution in [0.25, 0.3) is 0 Å². The van der Waals surface area contributed by atoms with Crippen molar-refractivity contribution in [1.82, 2.24) is 4.90 Å². The minimum atomic E-state index is -1.50. The lowest BCUT2D eigenvalue weighted by molar-refractivity contribution is -0.571. The van der Waals surface area contributed by atoms with Crippen LogP contribution in [0.1, 0.15) is 224 Å². The van der Waals surface area contributed by atoms with Gasteiger partial charge in [0.2, 0.25) is 17.4 Å². The minimum Gasteiger partial charge on any atom is -0.418 e. The zero-order chi connectivity index (χ0) is 74.5. The first-order chi connectivity index (χ1) is 48.4. The fourth-order valence-electron chi connectivity index (χ4n) is 18.9. The Morgan fingerprint density at radius 1 is 0.481 bits per heavy atom. The molecular weight excluding hydrogens is 1370 g/mol. The van der Waals surface area contributed by atoms with Crippen LogP contribution in [0.2, 0.25) is 39.3 Å². The van der Waals surface area contributed by atoms with E-state index in [9.17, 15) is 4.79 Å². The molecule has 104 heavy (non-hydrogen) atoms. The summed E-state index contributed by atoms with van der Waals surface area (Å²) in [6.45, 7) is 50.1. The lowest BCUT2D eigenvalue weighted by Crippen LogP contribution is -2.70. The Morgan fingerprint density at radius 2 is 0.808 bits per heavy atom. The molecule has 15 aliphatic rings. The molecule has 12 aliphatic heterocycles. The summed E-state index contributed by atoms with van der Waals surface area (Å²) in [6, 6.07) is 19.4. The molecule has 12 saturated heterocycles. The largest absolute Gasteiger partial charge is 0.418 e. The molecule has 15 fully saturated rings. The van der Waals surface area contributed by atoms with E-state index in [0.29, 0.717) is 84.2 Å². The summed E-state index contributed by atoms with van der Waals surface area (Å²) < 4.78 is 56.5. The monoisotopic (exact) mass is 1520 g/mol. The number of carbonyl (C=O) groups excluding carboxylic acids is 2. The molecule has 6 bridgehead atoms. The predicted octanol–water partition coefficient (Wildman–Crippen LogP) is 19.4.